The van der Waals surface area contributed by atoms with E-state index in [1.165, 1.54) is 0 Å². The number of aliphatic hydroxyl groups excluding tert-OH is 1. The van der Waals surface area contributed by atoms with Crippen molar-refractivity contribution >= 4 is 0 Å². The number of aromatic nitrogens is 2. The molecule has 0 amide bonds. The van der Waals surface area contributed by atoms with Gasteiger partial charge in [-0.25, -0.2) is 0 Å². The number of likely N-dealkylation sites (N-methyl/N-ethyl adjacent to an activating group) is 1. The first kappa shape index (κ1) is 12.5. The van der Waals surface area contributed by atoms with E-state index in [4.69, 9.17) is 4.74 Å². The van der Waals surface area contributed by atoms with Crippen LogP contribution in [0.5, 0.6) is 0 Å². The third-order valence-corrected chi connectivity index (χ3v) is 3.14. The van der Waals surface area contributed by atoms with Gasteiger partial charge < -0.3 is 14.7 Å². The minimum atomic E-state index is -0.591. The predicted molar refractivity (Wildman–Crippen MR) is 64.7 cm³/mol. The highest BCUT2D eigenvalue weighted by Gasteiger charge is 2.28. The van der Waals surface area contributed by atoms with Gasteiger partial charge in [-0.1, -0.05) is 6.92 Å². The lowest BCUT2D eigenvalue weighted by Crippen LogP contribution is -2.43. The standard InChI is InChI=1S/C12H21N3O2/c1-3-6-15-10(4-5-13-15)12(16)11-9-14(2)7-8-17-11/h4-5,11-12,16H,3,6-9H2,1-2H3. The molecule has 0 bridgehead atoms. The molecule has 0 aromatic carbocycles. The van der Waals surface area contributed by atoms with Crippen molar-refractivity contribution in [3.8, 4) is 0 Å². The first-order valence-corrected chi connectivity index (χ1v) is 6.22. The van der Waals surface area contributed by atoms with E-state index in [2.05, 4.69) is 16.9 Å². The topological polar surface area (TPSA) is 50.5 Å². The Morgan fingerprint density at radius 2 is 2.47 bits per heavy atom. The van der Waals surface area contributed by atoms with Crippen LogP contribution in [0.4, 0.5) is 0 Å². The zero-order valence-corrected chi connectivity index (χ0v) is 10.5. The molecule has 5 nitrogen and oxygen atoms in total. The lowest BCUT2D eigenvalue weighted by Gasteiger charge is -2.33. The van der Waals surface area contributed by atoms with Crippen molar-refractivity contribution in [1.82, 2.24) is 14.7 Å². The third kappa shape index (κ3) is 2.86. The van der Waals surface area contributed by atoms with E-state index in [1.807, 2.05) is 17.8 Å². The van der Waals surface area contributed by atoms with Gasteiger partial charge in [-0.2, -0.15) is 5.10 Å². The molecule has 0 radical (unpaired) electrons. The van der Waals surface area contributed by atoms with Gasteiger partial charge in [0.15, 0.2) is 0 Å². The van der Waals surface area contributed by atoms with Gasteiger partial charge in [0.05, 0.1) is 12.3 Å². The Morgan fingerprint density at radius 3 is 3.18 bits per heavy atom. The van der Waals surface area contributed by atoms with Crippen LogP contribution in [0.2, 0.25) is 0 Å². The average molecular weight is 239 g/mol. The lowest BCUT2D eigenvalue weighted by atomic mass is 10.1. The maximum absolute atomic E-state index is 10.3. The molecule has 1 aliphatic heterocycles. The van der Waals surface area contributed by atoms with E-state index in [9.17, 15) is 5.11 Å². The molecule has 1 N–H and O–H groups in total. The summed E-state index contributed by atoms with van der Waals surface area (Å²) in [6.07, 6.45) is 2.00. The van der Waals surface area contributed by atoms with Crippen LogP contribution in [0.25, 0.3) is 0 Å². The Labute approximate surface area is 102 Å². The van der Waals surface area contributed by atoms with Gasteiger partial charge in [-0.15, -0.1) is 0 Å². The summed E-state index contributed by atoms with van der Waals surface area (Å²) in [5.41, 5.74) is 0.854. The van der Waals surface area contributed by atoms with Crippen LogP contribution >= 0.6 is 0 Å². The van der Waals surface area contributed by atoms with Crippen LogP contribution in [-0.4, -0.2) is 52.6 Å². The SMILES string of the molecule is CCCn1nccc1C(O)C1CN(C)CCO1. The molecule has 2 unspecified atom stereocenters. The average Bonchev–Trinajstić information content (AvgIpc) is 2.77. The van der Waals surface area contributed by atoms with Gasteiger partial charge in [0.1, 0.15) is 12.2 Å². The lowest BCUT2D eigenvalue weighted by molar-refractivity contribution is -0.0869. The van der Waals surface area contributed by atoms with Crippen molar-refractivity contribution in [2.75, 3.05) is 26.7 Å². The molecule has 5 heteroatoms. The molecule has 1 aromatic heterocycles. The molecule has 96 valence electrons. The Bertz CT molecular complexity index is 353. The number of ether oxygens (including phenoxy) is 1. The minimum absolute atomic E-state index is 0.152. The van der Waals surface area contributed by atoms with E-state index < -0.39 is 6.10 Å². The van der Waals surface area contributed by atoms with Crippen molar-refractivity contribution < 1.29 is 9.84 Å². The summed E-state index contributed by atoms with van der Waals surface area (Å²) in [6, 6.07) is 1.87. The summed E-state index contributed by atoms with van der Waals surface area (Å²) in [4.78, 5) is 2.18. The number of morpholine rings is 1. The molecule has 17 heavy (non-hydrogen) atoms. The molecule has 1 fully saturated rings. The van der Waals surface area contributed by atoms with Gasteiger partial charge in [0.2, 0.25) is 0 Å². The van der Waals surface area contributed by atoms with E-state index in [0.717, 1.165) is 31.7 Å². The zero-order chi connectivity index (χ0) is 12.3. The second kappa shape index (κ2) is 5.62. The molecular weight excluding hydrogens is 218 g/mol. The molecule has 2 heterocycles. The predicted octanol–water partition coefficient (Wildman–Crippen LogP) is 0.657. The second-order valence-corrected chi connectivity index (χ2v) is 4.60. The minimum Gasteiger partial charge on any atom is -0.384 e. The monoisotopic (exact) mass is 239 g/mol. The van der Waals surface area contributed by atoms with Crippen molar-refractivity contribution in [1.29, 1.82) is 0 Å². The molecule has 0 spiro atoms. The molecular formula is C12H21N3O2. The van der Waals surface area contributed by atoms with Crippen LogP contribution in [0.1, 0.15) is 25.1 Å². The number of hydrogen-bond donors (Lipinski definition) is 1. The van der Waals surface area contributed by atoms with Crippen LogP contribution < -0.4 is 0 Å². The first-order valence-electron chi connectivity index (χ1n) is 6.22. The molecule has 0 saturated carbocycles. The second-order valence-electron chi connectivity index (χ2n) is 4.60. The number of aliphatic hydroxyl groups is 1. The number of aryl methyl sites for hydroxylation is 1. The highest BCUT2D eigenvalue weighted by atomic mass is 16.5. The largest absolute Gasteiger partial charge is 0.384 e. The van der Waals surface area contributed by atoms with E-state index in [0.29, 0.717) is 6.61 Å². The number of nitrogens with zero attached hydrogens (tertiary/aromatic N) is 3. The van der Waals surface area contributed by atoms with Crippen LogP contribution in [-0.2, 0) is 11.3 Å². The quantitative estimate of drug-likeness (QED) is 0.838. The van der Waals surface area contributed by atoms with E-state index >= 15 is 0 Å². The molecule has 2 rings (SSSR count). The van der Waals surface area contributed by atoms with Gasteiger partial charge in [-0.05, 0) is 19.5 Å². The Hall–Kier alpha value is -0.910. The summed E-state index contributed by atoms with van der Waals surface area (Å²) in [7, 11) is 2.05. The van der Waals surface area contributed by atoms with Crippen molar-refractivity contribution in [2.24, 2.45) is 0 Å². The third-order valence-electron chi connectivity index (χ3n) is 3.14. The molecule has 1 saturated heterocycles. The van der Waals surface area contributed by atoms with Crippen molar-refractivity contribution in [3.63, 3.8) is 0 Å². The molecule has 0 aliphatic carbocycles. The Balaban J connectivity index is 2.07. The fourth-order valence-corrected chi connectivity index (χ4v) is 2.19. The maximum Gasteiger partial charge on any atom is 0.123 e. The van der Waals surface area contributed by atoms with E-state index in [1.54, 1.807) is 6.20 Å². The normalized spacial score (nSPS) is 23.8. The highest BCUT2D eigenvalue weighted by molar-refractivity contribution is 5.07. The summed E-state index contributed by atoms with van der Waals surface area (Å²) in [6.45, 7) is 5.31. The van der Waals surface area contributed by atoms with Crippen molar-refractivity contribution in [2.45, 2.75) is 32.1 Å². The number of hydrogen-bond acceptors (Lipinski definition) is 4. The number of rotatable bonds is 4. The van der Waals surface area contributed by atoms with Crippen molar-refractivity contribution in [3.05, 3.63) is 18.0 Å². The highest BCUT2D eigenvalue weighted by Crippen LogP contribution is 2.21. The Morgan fingerprint density at radius 1 is 1.65 bits per heavy atom. The summed E-state index contributed by atoms with van der Waals surface area (Å²) < 4.78 is 7.50. The fourth-order valence-electron chi connectivity index (χ4n) is 2.19. The van der Waals surface area contributed by atoms with Crippen LogP contribution in [0.3, 0.4) is 0 Å². The van der Waals surface area contributed by atoms with Gasteiger partial charge >= 0.3 is 0 Å². The molecule has 1 aromatic rings. The van der Waals surface area contributed by atoms with E-state index in [-0.39, 0.29) is 6.10 Å². The molecule has 1 aliphatic rings. The maximum atomic E-state index is 10.3. The van der Waals surface area contributed by atoms with Crippen LogP contribution in [0.15, 0.2) is 12.3 Å². The fraction of sp³-hybridized carbons (Fsp3) is 0.750. The van der Waals surface area contributed by atoms with Gasteiger partial charge in [0.25, 0.3) is 0 Å². The first-order chi connectivity index (χ1) is 8.22. The smallest absolute Gasteiger partial charge is 0.123 e. The summed E-state index contributed by atoms with van der Waals surface area (Å²) in [5.74, 6) is 0. The zero-order valence-electron chi connectivity index (χ0n) is 10.5. The molecule has 2 atom stereocenters. The summed E-state index contributed by atoms with van der Waals surface area (Å²) in [5, 5.41) is 14.6. The Kier molecular flexibility index (Phi) is 4.15. The van der Waals surface area contributed by atoms with Crippen LogP contribution in [0, 0.1) is 0 Å². The van der Waals surface area contributed by atoms with Gasteiger partial charge in [-0.3, -0.25) is 4.68 Å². The summed E-state index contributed by atoms with van der Waals surface area (Å²) >= 11 is 0. The van der Waals surface area contributed by atoms with Gasteiger partial charge in [0, 0.05) is 25.8 Å².